The maximum Gasteiger partial charge on any atom is 0.348 e. The summed E-state index contributed by atoms with van der Waals surface area (Å²) in [5, 5.41) is 17.1. The molecule has 150 valence electrons. The standard InChI is InChI=1S/C20H17ClN2O4S2/c1-27-19(26)17-9-12-8-14(6-7-16(12)29-17)22-20(28)23-15(10-18(24)25)11-2-4-13(21)5-3-11/h2-9,15H,10H2,1H3,(H,24,25)(H2,22,23,28)/t15-/m0/s1. The summed E-state index contributed by atoms with van der Waals surface area (Å²) < 4.78 is 5.70. The molecule has 0 bridgehead atoms. The number of halogens is 1. The number of carboxylic acid groups (broad SMARTS) is 1. The van der Waals surface area contributed by atoms with Crippen LogP contribution in [0.25, 0.3) is 10.1 Å². The summed E-state index contributed by atoms with van der Waals surface area (Å²) in [7, 11) is 1.35. The van der Waals surface area contributed by atoms with Crippen molar-refractivity contribution in [2.45, 2.75) is 12.5 Å². The predicted molar refractivity (Wildman–Crippen MR) is 119 cm³/mol. The molecular formula is C20H17ClN2O4S2. The van der Waals surface area contributed by atoms with Crippen molar-refractivity contribution >= 4 is 68.0 Å². The topological polar surface area (TPSA) is 87.7 Å². The average molecular weight is 449 g/mol. The highest BCUT2D eigenvalue weighted by atomic mass is 35.5. The van der Waals surface area contributed by atoms with Crippen molar-refractivity contribution in [1.82, 2.24) is 5.32 Å². The van der Waals surface area contributed by atoms with E-state index in [-0.39, 0.29) is 17.5 Å². The van der Waals surface area contributed by atoms with E-state index in [1.54, 1.807) is 30.3 Å². The van der Waals surface area contributed by atoms with Gasteiger partial charge in [-0.25, -0.2) is 4.79 Å². The van der Waals surface area contributed by atoms with E-state index in [1.165, 1.54) is 18.4 Å². The van der Waals surface area contributed by atoms with Crippen LogP contribution in [0.1, 0.15) is 27.7 Å². The van der Waals surface area contributed by atoms with E-state index in [4.69, 9.17) is 28.6 Å². The first-order chi connectivity index (χ1) is 13.9. The van der Waals surface area contributed by atoms with Gasteiger partial charge < -0.3 is 20.5 Å². The number of carboxylic acids is 1. The molecule has 0 aliphatic heterocycles. The lowest BCUT2D eigenvalue weighted by molar-refractivity contribution is -0.137. The van der Waals surface area contributed by atoms with Gasteiger partial charge >= 0.3 is 11.9 Å². The molecule has 0 spiro atoms. The third kappa shape index (κ3) is 5.44. The van der Waals surface area contributed by atoms with Gasteiger partial charge in [0.2, 0.25) is 0 Å². The number of anilines is 1. The summed E-state index contributed by atoms with van der Waals surface area (Å²) in [6.07, 6.45) is -0.143. The number of aliphatic carboxylic acids is 1. The number of nitrogens with one attached hydrogen (secondary N) is 2. The molecule has 3 rings (SSSR count). The SMILES string of the molecule is COC(=O)c1cc2cc(NC(=S)N[C@@H](CC(=O)O)c3ccc(Cl)cc3)ccc2s1. The second kappa shape index (κ2) is 9.21. The van der Waals surface area contributed by atoms with Crippen molar-refractivity contribution in [1.29, 1.82) is 0 Å². The predicted octanol–water partition coefficient (Wildman–Crippen LogP) is 4.84. The fraction of sp³-hybridized carbons (Fsp3) is 0.150. The first kappa shape index (κ1) is 21.0. The quantitative estimate of drug-likeness (QED) is 0.367. The van der Waals surface area contributed by atoms with E-state index in [9.17, 15) is 14.7 Å². The van der Waals surface area contributed by atoms with Gasteiger partial charge in [0.1, 0.15) is 4.88 Å². The van der Waals surface area contributed by atoms with Crippen LogP contribution in [0.3, 0.4) is 0 Å². The molecule has 0 radical (unpaired) electrons. The minimum atomic E-state index is -0.949. The molecule has 1 heterocycles. The Kier molecular flexibility index (Phi) is 6.68. The zero-order valence-electron chi connectivity index (χ0n) is 15.3. The summed E-state index contributed by atoms with van der Waals surface area (Å²) in [4.78, 5) is 23.5. The van der Waals surface area contributed by atoms with Crippen LogP contribution in [0.15, 0.2) is 48.5 Å². The summed E-state index contributed by atoms with van der Waals surface area (Å²) >= 11 is 12.6. The number of benzene rings is 2. The molecule has 1 atom stereocenters. The smallest absolute Gasteiger partial charge is 0.348 e. The van der Waals surface area contributed by atoms with Gasteiger partial charge in [0.15, 0.2) is 5.11 Å². The van der Waals surface area contributed by atoms with Crippen LogP contribution in [-0.2, 0) is 9.53 Å². The fourth-order valence-corrected chi connectivity index (χ4v) is 4.12. The zero-order chi connectivity index (χ0) is 21.0. The third-order valence-electron chi connectivity index (χ3n) is 4.12. The average Bonchev–Trinajstić information content (AvgIpc) is 3.10. The minimum Gasteiger partial charge on any atom is -0.481 e. The minimum absolute atomic E-state index is 0.143. The normalized spacial score (nSPS) is 11.7. The van der Waals surface area contributed by atoms with Crippen LogP contribution in [0.5, 0.6) is 0 Å². The summed E-state index contributed by atoms with van der Waals surface area (Å²) in [5.41, 5.74) is 1.48. The van der Waals surface area contributed by atoms with E-state index < -0.39 is 12.0 Å². The molecule has 0 saturated carbocycles. The lowest BCUT2D eigenvalue weighted by Crippen LogP contribution is -2.33. The number of thiocarbonyl (C=S) groups is 1. The fourth-order valence-electron chi connectivity index (χ4n) is 2.77. The van der Waals surface area contributed by atoms with Crippen molar-refractivity contribution < 1.29 is 19.4 Å². The maximum absolute atomic E-state index is 11.7. The second-order valence-corrected chi connectivity index (χ2v) is 8.08. The van der Waals surface area contributed by atoms with Gasteiger partial charge in [-0.1, -0.05) is 23.7 Å². The molecule has 29 heavy (non-hydrogen) atoms. The molecule has 0 saturated heterocycles. The number of hydrogen-bond donors (Lipinski definition) is 3. The Bertz CT molecular complexity index is 1070. The van der Waals surface area contributed by atoms with Crippen molar-refractivity contribution in [2.24, 2.45) is 0 Å². The van der Waals surface area contributed by atoms with E-state index in [1.807, 2.05) is 18.2 Å². The lowest BCUT2D eigenvalue weighted by Gasteiger charge is -2.20. The highest BCUT2D eigenvalue weighted by molar-refractivity contribution is 7.80. The molecule has 3 aromatic rings. The number of ether oxygens (including phenoxy) is 1. The van der Waals surface area contributed by atoms with Crippen molar-refractivity contribution in [3.63, 3.8) is 0 Å². The summed E-state index contributed by atoms with van der Waals surface area (Å²) in [6, 6.07) is 13.7. The monoisotopic (exact) mass is 448 g/mol. The van der Waals surface area contributed by atoms with Crippen LogP contribution < -0.4 is 10.6 Å². The summed E-state index contributed by atoms with van der Waals surface area (Å²) in [5.74, 6) is -1.33. The van der Waals surface area contributed by atoms with Crippen molar-refractivity contribution in [2.75, 3.05) is 12.4 Å². The number of esters is 1. The lowest BCUT2D eigenvalue weighted by atomic mass is 10.0. The zero-order valence-corrected chi connectivity index (χ0v) is 17.7. The van der Waals surface area contributed by atoms with Crippen LogP contribution in [0, 0.1) is 0 Å². The molecule has 9 heteroatoms. The highest BCUT2D eigenvalue weighted by Crippen LogP contribution is 2.29. The Hall–Kier alpha value is -2.68. The van der Waals surface area contributed by atoms with Gasteiger partial charge in [-0.05, 0) is 59.6 Å². The Morgan fingerprint density at radius 3 is 2.59 bits per heavy atom. The van der Waals surface area contributed by atoms with E-state index >= 15 is 0 Å². The van der Waals surface area contributed by atoms with E-state index in [2.05, 4.69) is 10.6 Å². The van der Waals surface area contributed by atoms with Gasteiger partial charge in [-0.3, -0.25) is 4.79 Å². The number of fused-ring (bicyclic) bond motifs is 1. The number of rotatable bonds is 6. The first-order valence-electron chi connectivity index (χ1n) is 8.52. The Labute approximate surface area is 181 Å². The Morgan fingerprint density at radius 1 is 1.21 bits per heavy atom. The molecule has 1 aromatic heterocycles. The maximum atomic E-state index is 11.7. The van der Waals surface area contributed by atoms with Gasteiger partial charge in [0.05, 0.1) is 19.6 Å². The molecular weight excluding hydrogens is 432 g/mol. The van der Waals surface area contributed by atoms with Gasteiger partial charge in [-0.15, -0.1) is 11.3 Å². The molecule has 0 aliphatic carbocycles. The molecule has 0 fully saturated rings. The number of thiophene rings is 1. The molecule has 0 amide bonds. The van der Waals surface area contributed by atoms with Crippen LogP contribution in [0.2, 0.25) is 5.02 Å². The van der Waals surface area contributed by atoms with Gasteiger partial charge in [-0.2, -0.15) is 0 Å². The molecule has 0 aliphatic rings. The second-order valence-electron chi connectivity index (χ2n) is 6.16. The molecule has 3 N–H and O–H groups in total. The number of carbonyl (C=O) groups is 2. The largest absolute Gasteiger partial charge is 0.481 e. The van der Waals surface area contributed by atoms with Gasteiger partial charge in [0, 0.05) is 15.4 Å². The third-order valence-corrected chi connectivity index (χ3v) is 5.69. The Balaban J connectivity index is 1.74. The van der Waals surface area contributed by atoms with Crippen LogP contribution in [0.4, 0.5) is 5.69 Å². The number of methoxy groups -OCH3 is 1. The first-order valence-corrected chi connectivity index (χ1v) is 10.1. The van der Waals surface area contributed by atoms with Crippen molar-refractivity contribution in [3.8, 4) is 0 Å². The highest BCUT2D eigenvalue weighted by Gasteiger charge is 2.17. The van der Waals surface area contributed by atoms with Crippen molar-refractivity contribution in [3.05, 3.63) is 64.0 Å². The Morgan fingerprint density at radius 2 is 1.93 bits per heavy atom. The number of hydrogen-bond acceptors (Lipinski definition) is 5. The van der Waals surface area contributed by atoms with E-state index in [0.29, 0.717) is 9.90 Å². The van der Waals surface area contributed by atoms with Crippen LogP contribution in [-0.4, -0.2) is 29.3 Å². The van der Waals surface area contributed by atoms with Gasteiger partial charge in [0.25, 0.3) is 0 Å². The molecule has 2 aromatic carbocycles. The molecule has 6 nitrogen and oxygen atoms in total. The number of carbonyl (C=O) groups excluding carboxylic acids is 1. The summed E-state index contributed by atoms with van der Waals surface area (Å²) in [6.45, 7) is 0. The van der Waals surface area contributed by atoms with E-state index in [0.717, 1.165) is 21.3 Å². The van der Waals surface area contributed by atoms with Crippen LogP contribution >= 0.6 is 35.2 Å². The molecule has 0 unspecified atom stereocenters.